The summed E-state index contributed by atoms with van der Waals surface area (Å²) in [5, 5.41) is 31.3. The van der Waals surface area contributed by atoms with E-state index < -0.39 is 42.2 Å². The van der Waals surface area contributed by atoms with E-state index >= 15 is 0 Å². The molecule has 0 aliphatic heterocycles. The van der Waals surface area contributed by atoms with Crippen LogP contribution in [0, 0.1) is 46.3 Å². The van der Waals surface area contributed by atoms with E-state index in [9.17, 15) is 15.0 Å². The average molecular weight is 398 g/mol. The minimum atomic E-state index is -2.81. The number of aliphatic carboxylic acids is 1. The lowest BCUT2D eigenvalue weighted by molar-refractivity contribution is -0.175. The van der Waals surface area contributed by atoms with Gasteiger partial charge in [-0.15, -0.1) is 0 Å². The summed E-state index contributed by atoms with van der Waals surface area (Å²) in [6.45, 7) is 6.18. The molecule has 0 unspecified atom stereocenters. The number of carbonyl (C=O) groups is 1. The monoisotopic (exact) mass is 397 g/mol. The molecule has 3 N–H and O–H groups in total. The van der Waals surface area contributed by atoms with Crippen LogP contribution in [0.3, 0.4) is 0 Å². The highest BCUT2D eigenvalue weighted by Gasteiger charge is 2.63. The second-order valence-corrected chi connectivity index (χ2v) is 10.6. The van der Waals surface area contributed by atoms with E-state index in [1.54, 1.807) is 0 Å². The van der Waals surface area contributed by atoms with Gasteiger partial charge in [-0.3, -0.25) is 4.79 Å². The first-order valence-electron chi connectivity index (χ1n) is 13.6. The third kappa shape index (κ3) is 3.05. The molecule has 0 radical (unpaired) electrons. The van der Waals surface area contributed by atoms with Crippen LogP contribution in [0.4, 0.5) is 0 Å². The SMILES string of the molecule is [2H]C1([2H])C[C@@]2(C)[C@H](CC[C@@H]3[C@@H]2C[C@H](O)[C@]2(C)[C@@H]([C@H](C)CCC(=O)O)CC[C@@H]32)C([2H])([2H])[C@@]1([2H])O. The van der Waals surface area contributed by atoms with E-state index in [4.69, 9.17) is 12.0 Å². The molecule has 0 aromatic heterocycles. The van der Waals surface area contributed by atoms with Crippen molar-refractivity contribution in [3.8, 4) is 0 Å². The van der Waals surface area contributed by atoms with Crippen LogP contribution in [0.1, 0.15) is 91.7 Å². The van der Waals surface area contributed by atoms with Crippen molar-refractivity contribution in [1.82, 2.24) is 0 Å². The highest BCUT2D eigenvalue weighted by atomic mass is 16.4. The first kappa shape index (κ1) is 15.2. The van der Waals surface area contributed by atoms with Gasteiger partial charge in [0.25, 0.3) is 0 Å². The minimum absolute atomic E-state index is 0.0707. The number of hydrogen-bond acceptors (Lipinski definition) is 3. The van der Waals surface area contributed by atoms with E-state index in [2.05, 4.69) is 13.8 Å². The average Bonchev–Trinajstić information content (AvgIpc) is 3.04. The summed E-state index contributed by atoms with van der Waals surface area (Å²) in [5.41, 5.74) is -1.08. The predicted octanol–water partition coefficient (Wildman–Crippen LogP) is 4.48. The topological polar surface area (TPSA) is 77.8 Å². The Hall–Kier alpha value is -0.610. The van der Waals surface area contributed by atoms with Gasteiger partial charge in [-0.05, 0) is 104 Å². The largest absolute Gasteiger partial charge is 0.481 e. The maximum Gasteiger partial charge on any atom is 0.303 e. The molecule has 0 saturated heterocycles. The molecule has 0 amide bonds. The summed E-state index contributed by atoms with van der Waals surface area (Å²) in [4.78, 5) is 11.1. The number of rotatable bonds is 4. The summed E-state index contributed by atoms with van der Waals surface area (Å²) in [6.07, 6.45) is -3.96. The van der Waals surface area contributed by atoms with Gasteiger partial charge in [0.1, 0.15) is 0 Å². The summed E-state index contributed by atoms with van der Waals surface area (Å²) in [6, 6.07) is 0. The zero-order chi connectivity index (χ0) is 24.8. The smallest absolute Gasteiger partial charge is 0.303 e. The van der Waals surface area contributed by atoms with Crippen LogP contribution in [0.2, 0.25) is 0 Å². The highest BCUT2D eigenvalue weighted by molar-refractivity contribution is 5.66. The number of carboxylic acid groups (broad SMARTS) is 1. The molecular weight excluding hydrogens is 352 g/mol. The molecule has 0 aromatic rings. The third-order valence-corrected chi connectivity index (χ3v) is 9.50. The molecule has 160 valence electrons. The molecule has 4 heteroatoms. The Morgan fingerprint density at radius 3 is 2.68 bits per heavy atom. The van der Waals surface area contributed by atoms with Gasteiger partial charge in [0, 0.05) is 11.9 Å². The lowest BCUT2D eigenvalue weighted by Crippen LogP contribution is -2.58. The van der Waals surface area contributed by atoms with E-state index in [-0.39, 0.29) is 47.8 Å². The Morgan fingerprint density at radius 1 is 1.21 bits per heavy atom. The van der Waals surface area contributed by atoms with Gasteiger partial charge in [0.2, 0.25) is 0 Å². The van der Waals surface area contributed by atoms with Gasteiger partial charge >= 0.3 is 5.97 Å². The molecule has 4 nitrogen and oxygen atoms in total. The fourth-order valence-corrected chi connectivity index (χ4v) is 7.91. The van der Waals surface area contributed by atoms with Crippen LogP contribution < -0.4 is 0 Å². The molecule has 0 spiro atoms. The van der Waals surface area contributed by atoms with Crippen LogP contribution in [0.15, 0.2) is 0 Å². The lowest BCUT2D eigenvalue weighted by atomic mass is 9.43. The fourth-order valence-electron chi connectivity index (χ4n) is 7.91. The van der Waals surface area contributed by atoms with Crippen molar-refractivity contribution in [3.63, 3.8) is 0 Å². The lowest BCUT2D eigenvalue weighted by Gasteiger charge is -2.62. The van der Waals surface area contributed by atoms with Crippen molar-refractivity contribution >= 4 is 5.97 Å². The molecule has 0 bridgehead atoms. The third-order valence-electron chi connectivity index (χ3n) is 9.50. The van der Waals surface area contributed by atoms with Gasteiger partial charge in [0.05, 0.1) is 13.6 Å². The molecule has 0 aromatic carbocycles. The number of carboxylic acids is 1. The second kappa shape index (κ2) is 7.27. The van der Waals surface area contributed by atoms with Gasteiger partial charge in [-0.1, -0.05) is 20.8 Å². The van der Waals surface area contributed by atoms with Crippen molar-refractivity contribution in [3.05, 3.63) is 0 Å². The Bertz CT molecular complexity index is 804. The van der Waals surface area contributed by atoms with Crippen LogP contribution in [-0.2, 0) is 4.79 Å². The maximum atomic E-state index is 11.6. The molecule has 10 atom stereocenters. The Morgan fingerprint density at radius 2 is 1.96 bits per heavy atom. The van der Waals surface area contributed by atoms with Crippen LogP contribution >= 0.6 is 0 Å². The molecular formula is C24H40O4. The van der Waals surface area contributed by atoms with Crippen LogP contribution in [-0.4, -0.2) is 33.5 Å². The van der Waals surface area contributed by atoms with Crippen molar-refractivity contribution in [2.75, 3.05) is 0 Å². The zero-order valence-electron chi connectivity index (χ0n) is 22.4. The Labute approximate surface area is 177 Å². The van der Waals surface area contributed by atoms with E-state index in [0.717, 1.165) is 19.3 Å². The molecule has 4 saturated carbocycles. The maximum absolute atomic E-state index is 11.6. The van der Waals surface area contributed by atoms with E-state index in [0.29, 0.717) is 19.3 Å². The van der Waals surface area contributed by atoms with Crippen molar-refractivity contribution in [2.24, 2.45) is 46.3 Å². The van der Waals surface area contributed by atoms with E-state index in [1.165, 1.54) is 0 Å². The Kier molecular flexibility index (Phi) is 3.95. The Balaban J connectivity index is 1.66. The van der Waals surface area contributed by atoms with Crippen LogP contribution in [0.5, 0.6) is 0 Å². The van der Waals surface area contributed by atoms with Gasteiger partial charge in [0.15, 0.2) is 0 Å². The number of aliphatic hydroxyl groups is 2. The standard InChI is InChI=1S/C24H40O4/c1-14(4-9-22(27)28)18-7-8-19-17-6-5-15-12-16(25)10-11-23(15,2)20(17)13-21(26)24(18,19)3/h14-21,25-26H,4-13H2,1-3H3,(H,27,28)/t14-,15-,16+,17+,18-,19+,20+,21+,23+,24-/m1/s1/i10D2,12D2,16D. The van der Waals surface area contributed by atoms with Gasteiger partial charge in [-0.2, -0.15) is 0 Å². The van der Waals surface area contributed by atoms with Gasteiger partial charge < -0.3 is 15.3 Å². The van der Waals surface area contributed by atoms with E-state index in [1.807, 2.05) is 6.92 Å². The first-order chi connectivity index (χ1) is 15.0. The molecule has 4 fully saturated rings. The first-order valence-corrected chi connectivity index (χ1v) is 11.1. The molecule has 28 heavy (non-hydrogen) atoms. The second-order valence-electron chi connectivity index (χ2n) is 10.6. The highest BCUT2D eigenvalue weighted by Crippen LogP contribution is 2.68. The number of hydrogen-bond donors (Lipinski definition) is 3. The summed E-state index contributed by atoms with van der Waals surface area (Å²) in [5.74, 6) is -0.627. The summed E-state index contributed by atoms with van der Waals surface area (Å²) < 4.78 is 42.3. The number of aliphatic hydroxyl groups excluding tert-OH is 1. The molecule has 4 aliphatic rings. The van der Waals surface area contributed by atoms with Crippen molar-refractivity contribution < 1.29 is 27.0 Å². The van der Waals surface area contributed by atoms with Gasteiger partial charge in [-0.25, -0.2) is 0 Å². The predicted molar refractivity (Wildman–Crippen MR) is 109 cm³/mol. The summed E-state index contributed by atoms with van der Waals surface area (Å²) in [7, 11) is 0. The quantitative estimate of drug-likeness (QED) is 0.654. The fraction of sp³-hybridized carbons (Fsp3) is 0.958. The normalized spacial score (nSPS) is 60.5. The molecule has 4 aliphatic carbocycles. The summed E-state index contributed by atoms with van der Waals surface area (Å²) >= 11 is 0. The zero-order valence-corrected chi connectivity index (χ0v) is 17.4. The van der Waals surface area contributed by atoms with Crippen molar-refractivity contribution in [2.45, 2.75) is 97.1 Å². The molecule has 0 heterocycles. The minimum Gasteiger partial charge on any atom is -0.481 e. The molecule has 4 rings (SSSR count). The number of fused-ring (bicyclic) bond motifs is 5. The van der Waals surface area contributed by atoms with Crippen LogP contribution in [0.25, 0.3) is 0 Å². The van der Waals surface area contributed by atoms with Crippen molar-refractivity contribution in [1.29, 1.82) is 0 Å².